The van der Waals surface area contributed by atoms with Crippen LogP contribution in [0.2, 0.25) is 0 Å². The molecule has 0 atom stereocenters. The number of anilines is 1. The van der Waals surface area contributed by atoms with E-state index in [1.165, 1.54) is 25.6 Å². The first-order valence-electron chi connectivity index (χ1n) is 13.0. The van der Waals surface area contributed by atoms with Gasteiger partial charge in [-0.3, -0.25) is 9.88 Å². The summed E-state index contributed by atoms with van der Waals surface area (Å²) < 4.78 is 1.74. The third kappa shape index (κ3) is 5.12. The Morgan fingerprint density at radius 2 is 1.95 bits per heavy atom. The van der Waals surface area contributed by atoms with E-state index in [0.29, 0.717) is 12.1 Å². The van der Waals surface area contributed by atoms with Crippen LogP contribution >= 0.6 is 0 Å². The van der Waals surface area contributed by atoms with E-state index < -0.39 is 0 Å². The Morgan fingerprint density at radius 1 is 1.05 bits per heavy atom. The molecule has 1 aromatic carbocycles. The Labute approximate surface area is 221 Å². The maximum atomic E-state index is 9.62. The number of pyridine rings is 2. The number of likely N-dealkylation sites (tertiary alicyclic amines) is 1. The number of H-pyrrole nitrogens is 1. The average Bonchev–Trinajstić information content (AvgIpc) is 3.59. The number of aryl methyl sites for hydroxylation is 1. The SMILES string of the molecule is Cc1cccc(-c2[nH]c(CNc3cc(C#N)cc(CN4CCCCC4)c3)nc2-c2ccc3ncnn3c2)n1. The first-order valence-corrected chi connectivity index (χ1v) is 13.0. The number of nitrogens with one attached hydrogen (secondary N) is 2. The first kappa shape index (κ1) is 23.8. The summed E-state index contributed by atoms with van der Waals surface area (Å²) in [5.74, 6) is 0.775. The maximum absolute atomic E-state index is 9.62. The van der Waals surface area contributed by atoms with Crippen LogP contribution in [-0.4, -0.2) is 47.5 Å². The topological polar surface area (TPSA) is 111 Å². The van der Waals surface area contributed by atoms with Crippen LogP contribution in [0, 0.1) is 18.3 Å². The van der Waals surface area contributed by atoms with Crippen LogP contribution in [0.5, 0.6) is 0 Å². The van der Waals surface area contributed by atoms with E-state index in [1.54, 1.807) is 4.52 Å². The molecule has 1 aliphatic heterocycles. The summed E-state index contributed by atoms with van der Waals surface area (Å²) in [5, 5.41) is 17.4. The zero-order chi connectivity index (χ0) is 25.9. The molecule has 1 saturated heterocycles. The number of aromatic nitrogens is 6. The van der Waals surface area contributed by atoms with Gasteiger partial charge in [-0.05, 0) is 80.9 Å². The van der Waals surface area contributed by atoms with Crippen molar-refractivity contribution in [1.29, 1.82) is 5.26 Å². The monoisotopic (exact) mass is 503 g/mol. The number of aromatic amines is 1. The van der Waals surface area contributed by atoms with E-state index in [-0.39, 0.29) is 0 Å². The molecule has 38 heavy (non-hydrogen) atoms. The molecule has 0 unspecified atom stereocenters. The van der Waals surface area contributed by atoms with Gasteiger partial charge in [-0.1, -0.05) is 12.5 Å². The van der Waals surface area contributed by atoms with Gasteiger partial charge in [0, 0.05) is 29.7 Å². The smallest absolute Gasteiger partial charge is 0.155 e. The molecule has 0 radical (unpaired) electrons. The van der Waals surface area contributed by atoms with Gasteiger partial charge < -0.3 is 10.3 Å². The Morgan fingerprint density at radius 3 is 2.79 bits per heavy atom. The van der Waals surface area contributed by atoms with E-state index >= 15 is 0 Å². The summed E-state index contributed by atoms with van der Waals surface area (Å²) in [4.78, 5) is 19.9. The third-order valence-electron chi connectivity index (χ3n) is 6.88. The van der Waals surface area contributed by atoms with Crippen molar-refractivity contribution in [2.45, 2.75) is 39.3 Å². The Bertz CT molecular complexity index is 1620. The van der Waals surface area contributed by atoms with Gasteiger partial charge in [0.1, 0.15) is 12.2 Å². The number of nitriles is 1. The second-order valence-electron chi connectivity index (χ2n) is 9.77. The van der Waals surface area contributed by atoms with Crippen LogP contribution < -0.4 is 5.32 Å². The zero-order valence-corrected chi connectivity index (χ0v) is 21.4. The number of nitrogens with zero attached hydrogens (tertiary/aromatic N) is 7. The molecule has 1 fully saturated rings. The lowest BCUT2D eigenvalue weighted by Crippen LogP contribution is -2.29. The number of imidazole rings is 1. The predicted molar refractivity (Wildman–Crippen MR) is 146 cm³/mol. The first-order chi connectivity index (χ1) is 18.6. The van der Waals surface area contributed by atoms with Crippen molar-refractivity contribution < 1.29 is 0 Å². The van der Waals surface area contributed by atoms with Gasteiger partial charge in [0.2, 0.25) is 0 Å². The van der Waals surface area contributed by atoms with Crippen molar-refractivity contribution >= 4 is 11.3 Å². The van der Waals surface area contributed by atoms with Crippen LogP contribution in [0.25, 0.3) is 28.3 Å². The van der Waals surface area contributed by atoms with E-state index in [9.17, 15) is 5.26 Å². The van der Waals surface area contributed by atoms with E-state index in [0.717, 1.165) is 70.7 Å². The largest absolute Gasteiger partial charge is 0.378 e. The van der Waals surface area contributed by atoms with Crippen molar-refractivity contribution in [2.24, 2.45) is 0 Å². The van der Waals surface area contributed by atoms with Gasteiger partial charge in [-0.25, -0.2) is 14.5 Å². The molecule has 5 heterocycles. The van der Waals surface area contributed by atoms with Gasteiger partial charge in [0.25, 0.3) is 0 Å². The molecule has 0 amide bonds. The molecule has 0 spiro atoms. The van der Waals surface area contributed by atoms with Gasteiger partial charge in [0.05, 0.1) is 35.3 Å². The molecule has 1 aliphatic rings. The second kappa shape index (κ2) is 10.4. The number of piperidine rings is 1. The highest BCUT2D eigenvalue weighted by atomic mass is 15.3. The summed E-state index contributed by atoms with van der Waals surface area (Å²) >= 11 is 0. The second-order valence-corrected chi connectivity index (χ2v) is 9.77. The van der Waals surface area contributed by atoms with E-state index in [2.05, 4.69) is 37.4 Å². The number of fused-ring (bicyclic) bond motifs is 1. The van der Waals surface area contributed by atoms with Crippen molar-refractivity contribution in [3.8, 4) is 28.7 Å². The Hall–Kier alpha value is -4.55. The van der Waals surface area contributed by atoms with Crippen LogP contribution in [0.15, 0.2) is 61.1 Å². The molecule has 0 saturated carbocycles. The number of rotatable bonds is 7. The van der Waals surface area contributed by atoms with Crippen molar-refractivity contribution in [3.05, 3.63) is 83.7 Å². The van der Waals surface area contributed by atoms with Gasteiger partial charge >= 0.3 is 0 Å². The lowest BCUT2D eigenvalue weighted by atomic mass is 10.1. The maximum Gasteiger partial charge on any atom is 0.155 e. The third-order valence-corrected chi connectivity index (χ3v) is 6.88. The summed E-state index contributed by atoms with van der Waals surface area (Å²) in [5.41, 5.74) is 7.82. The molecule has 2 N–H and O–H groups in total. The van der Waals surface area contributed by atoms with Crippen molar-refractivity contribution in [3.63, 3.8) is 0 Å². The minimum absolute atomic E-state index is 0.475. The summed E-state index contributed by atoms with van der Waals surface area (Å²) in [6, 6.07) is 18.2. The fourth-order valence-electron chi connectivity index (χ4n) is 5.05. The highest BCUT2D eigenvalue weighted by Crippen LogP contribution is 2.30. The normalized spacial score (nSPS) is 14.0. The van der Waals surface area contributed by atoms with Crippen LogP contribution in [0.1, 0.15) is 41.9 Å². The van der Waals surface area contributed by atoms with Gasteiger partial charge in [-0.2, -0.15) is 10.4 Å². The van der Waals surface area contributed by atoms with Crippen LogP contribution in [-0.2, 0) is 13.1 Å². The Balaban J connectivity index is 1.29. The fourth-order valence-corrected chi connectivity index (χ4v) is 5.05. The van der Waals surface area contributed by atoms with Crippen LogP contribution in [0.4, 0.5) is 5.69 Å². The molecule has 5 aromatic rings. The highest BCUT2D eigenvalue weighted by molar-refractivity contribution is 5.77. The lowest BCUT2D eigenvalue weighted by molar-refractivity contribution is 0.221. The summed E-state index contributed by atoms with van der Waals surface area (Å²) in [6.45, 7) is 5.55. The number of hydrogen-bond donors (Lipinski definition) is 2. The minimum atomic E-state index is 0.475. The fraction of sp³-hybridized carbons (Fsp3) is 0.276. The predicted octanol–water partition coefficient (Wildman–Crippen LogP) is 4.96. The number of hydrogen-bond acceptors (Lipinski definition) is 7. The summed E-state index contributed by atoms with van der Waals surface area (Å²) in [6.07, 6.45) is 7.26. The molecule has 6 rings (SSSR count). The highest BCUT2D eigenvalue weighted by Gasteiger charge is 2.17. The average molecular weight is 504 g/mol. The summed E-state index contributed by atoms with van der Waals surface area (Å²) in [7, 11) is 0. The lowest BCUT2D eigenvalue weighted by Gasteiger charge is -2.26. The van der Waals surface area contributed by atoms with Crippen molar-refractivity contribution in [1.82, 2.24) is 34.4 Å². The number of benzene rings is 1. The molecule has 0 aliphatic carbocycles. The molecule has 9 nitrogen and oxygen atoms in total. The minimum Gasteiger partial charge on any atom is -0.378 e. The molecular weight excluding hydrogens is 474 g/mol. The standard InChI is InChI=1S/C29H29N9/c1-20-6-5-7-25(34-20)29-28(23-8-9-27-32-19-33-38(27)18-23)35-26(36-29)16-31-24-13-21(15-30)12-22(14-24)17-37-10-3-2-4-11-37/h5-9,12-14,18-19,31H,2-4,10-11,16-17H2,1H3,(H,35,36). The molecule has 190 valence electrons. The molecule has 9 heteroatoms. The van der Waals surface area contributed by atoms with Gasteiger partial charge in [0.15, 0.2) is 5.65 Å². The molecule has 4 aromatic heterocycles. The van der Waals surface area contributed by atoms with E-state index in [1.807, 2.05) is 55.6 Å². The quantitative estimate of drug-likeness (QED) is 0.323. The molecule has 0 bridgehead atoms. The van der Waals surface area contributed by atoms with Crippen LogP contribution in [0.3, 0.4) is 0 Å². The van der Waals surface area contributed by atoms with E-state index in [4.69, 9.17) is 9.97 Å². The van der Waals surface area contributed by atoms with Gasteiger partial charge in [-0.15, -0.1) is 0 Å². The zero-order valence-electron chi connectivity index (χ0n) is 21.4. The Kier molecular flexibility index (Phi) is 6.54. The van der Waals surface area contributed by atoms with Crippen molar-refractivity contribution in [2.75, 3.05) is 18.4 Å². The molecular formula is C29H29N9.